The summed E-state index contributed by atoms with van der Waals surface area (Å²) in [4.78, 5) is 33.1. The molecular weight excluding hydrogens is 318 g/mol. The summed E-state index contributed by atoms with van der Waals surface area (Å²) in [5.74, 6) is -0.465. The molecule has 0 bridgehead atoms. The molecule has 0 spiro atoms. The Kier molecular flexibility index (Phi) is 5.50. The molecule has 0 unspecified atom stereocenters. The van der Waals surface area contributed by atoms with Gasteiger partial charge in [0.25, 0.3) is 0 Å². The number of nitrogens with one attached hydrogen (secondary N) is 1. The van der Waals surface area contributed by atoms with E-state index in [1.165, 1.54) is 0 Å². The molecular formula is C19H25N3O3. The van der Waals surface area contributed by atoms with E-state index in [1.54, 1.807) is 13.0 Å². The van der Waals surface area contributed by atoms with Crippen LogP contribution in [0.25, 0.3) is 10.9 Å². The summed E-state index contributed by atoms with van der Waals surface area (Å²) in [5, 5.41) is 0.609. The third kappa shape index (κ3) is 3.75. The van der Waals surface area contributed by atoms with Crippen molar-refractivity contribution < 1.29 is 9.53 Å². The van der Waals surface area contributed by atoms with Crippen molar-refractivity contribution in [1.82, 2.24) is 14.8 Å². The lowest BCUT2D eigenvalue weighted by molar-refractivity contribution is 0.0516. The topological polar surface area (TPSA) is 65.6 Å². The van der Waals surface area contributed by atoms with Crippen LogP contribution in [-0.2, 0) is 11.3 Å². The van der Waals surface area contributed by atoms with Crippen LogP contribution in [0.4, 0.5) is 0 Å². The van der Waals surface area contributed by atoms with Crippen LogP contribution in [0.2, 0.25) is 0 Å². The van der Waals surface area contributed by atoms with Crippen molar-refractivity contribution >= 4 is 16.9 Å². The number of carbonyl (C=O) groups is 1. The molecule has 0 saturated carbocycles. The van der Waals surface area contributed by atoms with Gasteiger partial charge in [-0.25, -0.2) is 4.79 Å². The van der Waals surface area contributed by atoms with Gasteiger partial charge in [0.1, 0.15) is 5.69 Å². The lowest BCUT2D eigenvalue weighted by Gasteiger charge is -2.34. The lowest BCUT2D eigenvalue weighted by atomic mass is 10.1. The first-order chi connectivity index (χ1) is 12.1. The van der Waals surface area contributed by atoms with Gasteiger partial charge in [0.2, 0.25) is 0 Å². The zero-order valence-electron chi connectivity index (χ0n) is 14.9. The Balaban J connectivity index is 1.97. The summed E-state index contributed by atoms with van der Waals surface area (Å²) >= 11 is 0. The number of carbonyl (C=O) groups excluding carboxylic acids is 1. The molecule has 1 aromatic heterocycles. The Bertz CT molecular complexity index is 807. The highest BCUT2D eigenvalue weighted by Crippen LogP contribution is 2.15. The summed E-state index contributed by atoms with van der Waals surface area (Å²) in [6, 6.07) is 7.28. The largest absolute Gasteiger partial charge is 0.461 e. The minimum atomic E-state index is -0.465. The number of pyridine rings is 1. The van der Waals surface area contributed by atoms with Crippen LogP contribution in [-0.4, -0.2) is 60.1 Å². The number of esters is 1. The van der Waals surface area contributed by atoms with E-state index in [1.807, 2.05) is 18.2 Å². The molecule has 2 aromatic rings. The normalized spacial score (nSPS) is 16.2. The number of rotatable bonds is 5. The number of benzene rings is 1. The highest BCUT2D eigenvalue weighted by molar-refractivity contribution is 5.92. The molecule has 0 atom stereocenters. The van der Waals surface area contributed by atoms with Crippen LogP contribution in [0, 0.1) is 0 Å². The Labute approximate surface area is 147 Å². The van der Waals surface area contributed by atoms with Gasteiger partial charge in [0.05, 0.1) is 6.61 Å². The molecule has 0 amide bonds. The van der Waals surface area contributed by atoms with Crippen molar-refractivity contribution in [3.05, 3.63) is 45.7 Å². The first-order valence-corrected chi connectivity index (χ1v) is 8.89. The van der Waals surface area contributed by atoms with Crippen LogP contribution in [0.5, 0.6) is 0 Å². The zero-order chi connectivity index (χ0) is 17.8. The second-order valence-electron chi connectivity index (χ2n) is 6.28. The second kappa shape index (κ2) is 7.80. The van der Waals surface area contributed by atoms with Crippen LogP contribution in [0.15, 0.2) is 29.1 Å². The maximum Gasteiger partial charge on any atom is 0.355 e. The summed E-state index contributed by atoms with van der Waals surface area (Å²) < 4.78 is 5.16. The first kappa shape index (κ1) is 17.6. The maximum absolute atomic E-state index is 13.0. The number of fused-ring (bicyclic) bond motifs is 1. The predicted octanol–water partition coefficient (Wildman–Crippen LogP) is 1.84. The Morgan fingerprint density at radius 3 is 2.48 bits per heavy atom. The van der Waals surface area contributed by atoms with Gasteiger partial charge in [-0.05, 0) is 25.6 Å². The maximum atomic E-state index is 13.0. The summed E-state index contributed by atoms with van der Waals surface area (Å²) in [6.07, 6.45) is 0. The van der Waals surface area contributed by atoms with Crippen molar-refractivity contribution in [3.63, 3.8) is 0 Å². The van der Waals surface area contributed by atoms with Gasteiger partial charge in [-0.1, -0.05) is 19.1 Å². The van der Waals surface area contributed by atoms with Crippen LogP contribution >= 0.6 is 0 Å². The molecule has 134 valence electrons. The smallest absolute Gasteiger partial charge is 0.355 e. The molecule has 1 aliphatic rings. The molecule has 6 heteroatoms. The van der Waals surface area contributed by atoms with E-state index in [2.05, 4.69) is 21.7 Å². The number of aromatic nitrogens is 1. The molecule has 1 aromatic carbocycles. The lowest BCUT2D eigenvalue weighted by Crippen LogP contribution is -2.46. The highest BCUT2D eigenvalue weighted by Gasteiger charge is 2.23. The number of piperazine rings is 1. The van der Waals surface area contributed by atoms with Gasteiger partial charge < -0.3 is 14.6 Å². The van der Waals surface area contributed by atoms with E-state index in [0.29, 0.717) is 23.0 Å². The van der Waals surface area contributed by atoms with Crippen LogP contribution < -0.4 is 5.43 Å². The number of para-hydroxylation sites is 1. The molecule has 1 aliphatic heterocycles. The third-order valence-electron chi connectivity index (χ3n) is 4.78. The number of hydrogen-bond acceptors (Lipinski definition) is 5. The number of ether oxygens (including phenoxy) is 1. The van der Waals surface area contributed by atoms with Crippen LogP contribution in [0.3, 0.4) is 0 Å². The second-order valence-corrected chi connectivity index (χ2v) is 6.28. The van der Waals surface area contributed by atoms with Crippen molar-refractivity contribution in [3.8, 4) is 0 Å². The third-order valence-corrected chi connectivity index (χ3v) is 4.78. The molecule has 1 fully saturated rings. The van der Waals surface area contributed by atoms with Gasteiger partial charge in [0.15, 0.2) is 5.43 Å². The molecule has 0 aliphatic carbocycles. The van der Waals surface area contributed by atoms with Gasteiger partial charge in [0, 0.05) is 49.2 Å². The van der Waals surface area contributed by atoms with Gasteiger partial charge in [-0.15, -0.1) is 0 Å². The molecule has 0 radical (unpaired) electrons. The molecule has 25 heavy (non-hydrogen) atoms. The Morgan fingerprint density at radius 1 is 1.12 bits per heavy atom. The fourth-order valence-electron chi connectivity index (χ4n) is 3.29. The van der Waals surface area contributed by atoms with E-state index < -0.39 is 5.97 Å². The highest BCUT2D eigenvalue weighted by atomic mass is 16.5. The van der Waals surface area contributed by atoms with E-state index in [0.717, 1.165) is 32.7 Å². The van der Waals surface area contributed by atoms with Crippen molar-refractivity contribution in [2.24, 2.45) is 0 Å². The van der Waals surface area contributed by atoms with Gasteiger partial charge in [-0.3, -0.25) is 9.69 Å². The minimum absolute atomic E-state index is 0.0877. The number of H-pyrrole nitrogens is 1. The van der Waals surface area contributed by atoms with Crippen LogP contribution in [0.1, 0.15) is 29.9 Å². The molecule has 3 rings (SSSR count). The number of likely N-dealkylation sites (N-methyl/N-ethyl adjacent to an activating group) is 1. The van der Waals surface area contributed by atoms with Gasteiger partial charge >= 0.3 is 5.97 Å². The number of nitrogens with zero attached hydrogens (tertiary/aromatic N) is 2. The average Bonchev–Trinajstić information content (AvgIpc) is 2.64. The predicted molar refractivity (Wildman–Crippen MR) is 97.9 cm³/mol. The fraction of sp³-hybridized carbons (Fsp3) is 0.474. The van der Waals surface area contributed by atoms with E-state index in [9.17, 15) is 9.59 Å². The monoisotopic (exact) mass is 343 g/mol. The summed E-state index contributed by atoms with van der Waals surface area (Å²) in [7, 11) is 0. The number of hydrogen-bond donors (Lipinski definition) is 1. The van der Waals surface area contributed by atoms with E-state index in [-0.39, 0.29) is 17.7 Å². The number of aromatic amines is 1. The minimum Gasteiger partial charge on any atom is -0.461 e. The SMILES string of the molecule is CCOC(=O)c1[nH]c2ccccc2c(=O)c1CN1CCN(CC)CC1. The van der Waals surface area contributed by atoms with Crippen molar-refractivity contribution in [2.75, 3.05) is 39.3 Å². The first-order valence-electron chi connectivity index (χ1n) is 8.89. The quantitative estimate of drug-likeness (QED) is 0.839. The molecule has 1 saturated heterocycles. The Hall–Kier alpha value is -2.18. The van der Waals surface area contributed by atoms with Crippen molar-refractivity contribution in [1.29, 1.82) is 0 Å². The summed E-state index contributed by atoms with van der Waals surface area (Å²) in [6.45, 7) is 9.45. The Morgan fingerprint density at radius 2 is 1.80 bits per heavy atom. The molecule has 1 N–H and O–H groups in total. The van der Waals surface area contributed by atoms with Crippen molar-refractivity contribution in [2.45, 2.75) is 20.4 Å². The fourth-order valence-corrected chi connectivity index (χ4v) is 3.29. The van der Waals surface area contributed by atoms with E-state index in [4.69, 9.17) is 4.74 Å². The van der Waals surface area contributed by atoms with E-state index >= 15 is 0 Å². The molecule has 6 nitrogen and oxygen atoms in total. The standard InChI is InChI=1S/C19H25N3O3/c1-3-21-9-11-22(12-10-21)13-15-17(19(24)25-4-2)20-16-8-6-5-7-14(16)18(15)23/h5-8H,3-4,9-13H2,1-2H3,(H,20,23). The summed E-state index contributed by atoms with van der Waals surface area (Å²) in [5.41, 5.74) is 1.36. The van der Waals surface area contributed by atoms with Gasteiger partial charge in [-0.2, -0.15) is 0 Å². The molecule has 2 heterocycles. The zero-order valence-corrected chi connectivity index (χ0v) is 14.9. The average molecular weight is 343 g/mol.